The maximum absolute atomic E-state index is 11.8. The van der Waals surface area contributed by atoms with Crippen LogP contribution in [0.25, 0.3) is 0 Å². The Labute approximate surface area is 234 Å². The zero-order valence-electron chi connectivity index (χ0n) is 26.0. The van der Waals surface area contributed by atoms with E-state index in [9.17, 15) is 5.11 Å². The highest BCUT2D eigenvalue weighted by molar-refractivity contribution is 6.74. The first-order chi connectivity index (χ1) is 17.6. The van der Waals surface area contributed by atoms with Crippen molar-refractivity contribution in [2.75, 3.05) is 6.61 Å². The average molecular weight is 547 g/mol. The Morgan fingerprint density at radius 1 is 0.868 bits per heavy atom. The van der Waals surface area contributed by atoms with E-state index in [1.54, 1.807) is 0 Å². The van der Waals surface area contributed by atoms with Gasteiger partial charge < -0.3 is 19.0 Å². The Hall–Kier alpha value is 0.0569. The fourth-order valence-electron chi connectivity index (χ4n) is 11.0. The molecule has 0 bridgehead atoms. The molecule has 2 saturated heterocycles. The summed E-state index contributed by atoms with van der Waals surface area (Å²) in [4.78, 5) is 0. The number of aliphatic hydroxyl groups is 1. The van der Waals surface area contributed by atoms with Gasteiger partial charge in [-0.1, -0.05) is 48.5 Å². The number of ether oxygens (including phenoxy) is 2. The second kappa shape index (κ2) is 9.03. The van der Waals surface area contributed by atoms with Crippen LogP contribution in [0, 0.1) is 52.3 Å². The quantitative estimate of drug-likeness (QED) is 0.359. The molecule has 1 spiro atoms. The predicted octanol–water partition coefficient (Wildman–Crippen LogP) is 7.79. The molecule has 0 amide bonds. The third kappa shape index (κ3) is 4.02. The van der Waals surface area contributed by atoms with Crippen LogP contribution in [0.4, 0.5) is 0 Å². The van der Waals surface area contributed by atoms with E-state index in [0.717, 1.165) is 31.8 Å². The van der Waals surface area contributed by atoms with Crippen molar-refractivity contribution in [3.05, 3.63) is 0 Å². The number of hydrogen-bond acceptors (Lipinski definition) is 4. The van der Waals surface area contributed by atoms with Crippen LogP contribution in [0.15, 0.2) is 0 Å². The van der Waals surface area contributed by atoms with Crippen LogP contribution < -0.4 is 0 Å². The Kier molecular flexibility index (Phi) is 6.70. The third-order valence-electron chi connectivity index (χ3n) is 14.2. The monoisotopic (exact) mass is 546 g/mol. The molecule has 0 radical (unpaired) electrons. The zero-order chi connectivity index (χ0) is 27.5. The van der Waals surface area contributed by atoms with Crippen LogP contribution in [-0.4, -0.2) is 44.1 Å². The van der Waals surface area contributed by atoms with Crippen LogP contribution in [0.2, 0.25) is 18.1 Å². The third-order valence-corrected chi connectivity index (χ3v) is 18.7. The van der Waals surface area contributed by atoms with Gasteiger partial charge in [-0.25, -0.2) is 0 Å². The molecule has 5 heteroatoms. The Bertz CT molecular complexity index is 905. The van der Waals surface area contributed by atoms with Crippen LogP contribution in [0.5, 0.6) is 0 Å². The maximum Gasteiger partial charge on any atom is 0.192 e. The molecular weight excluding hydrogens is 488 g/mol. The summed E-state index contributed by atoms with van der Waals surface area (Å²) in [6.45, 7) is 22.6. The van der Waals surface area contributed by atoms with Crippen LogP contribution in [0.3, 0.4) is 0 Å². The second-order valence-corrected chi connectivity index (χ2v) is 21.8. The van der Waals surface area contributed by atoms with Crippen molar-refractivity contribution in [2.24, 2.45) is 52.3 Å². The number of fused-ring (bicyclic) bond motifs is 7. The predicted molar refractivity (Wildman–Crippen MR) is 155 cm³/mol. The lowest BCUT2D eigenvalue weighted by Crippen LogP contribution is -2.59. The molecule has 0 aromatic rings. The van der Waals surface area contributed by atoms with Gasteiger partial charge in [0.25, 0.3) is 0 Å². The Morgan fingerprint density at radius 3 is 2.24 bits per heavy atom. The number of aliphatic hydroxyl groups excluding tert-OH is 1. The van der Waals surface area contributed by atoms with Gasteiger partial charge in [-0.3, -0.25) is 0 Å². The summed E-state index contributed by atoms with van der Waals surface area (Å²) in [6.07, 6.45) is 11.0. The molecule has 4 nitrogen and oxygen atoms in total. The molecule has 218 valence electrons. The summed E-state index contributed by atoms with van der Waals surface area (Å²) in [5, 5.41) is 12.0. The molecule has 13 atom stereocenters. The number of hydrogen-bond donors (Lipinski definition) is 1. The van der Waals surface area contributed by atoms with Crippen LogP contribution >= 0.6 is 0 Å². The van der Waals surface area contributed by atoms with Gasteiger partial charge in [0.05, 0.1) is 18.8 Å². The zero-order valence-corrected chi connectivity index (χ0v) is 27.0. The van der Waals surface area contributed by atoms with E-state index in [-0.39, 0.29) is 22.3 Å². The van der Waals surface area contributed by atoms with Crippen LogP contribution in [-0.2, 0) is 13.9 Å². The van der Waals surface area contributed by atoms with E-state index in [0.29, 0.717) is 53.1 Å². The summed E-state index contributed by atoms with van der Waals surface area (Å²) in [5.41, 5.74) is 0.553. The molecule has 0 unspecified atom stereocenters. The molecule has 2 heterocycles. The normalized spacial score (nSPS) is 54.8. The summed E-state index contributed by atoms with van der Waals surface area (Å²) in [7, 11) is -1.80. The average Bonchev–Trinajstić information content (AvgIpc) is 3.26. The highest BCUT2D eigenvalue weighted by Crippen LogP contribution is 2.71. The Morgan fingerprint density at radius 2 is 1.58 bits per heavy atom. The molecule has 6 aliphatic rings. The largest absolute Gasteiger partial charge is 0.414 e. The van der Waals surface area contributed by atoms with Gasteiger partial charge in [0.15, 0.2) is 14.1 Å². The second-order valence-electron chi connectivity index (χ2n) is 17.1. The van der Waals surface area contributed by atoms with E-state index in [1.807, 2.05) is 0 Å². The number of rotatable bonds is 2. The SMILES string of the molecule is C[C@@H]1CC[C@@]2(OC1)O[C@H]1C[C@H]3[C@@H]4C[C@@H](O)[C@H]5C[C@@H](O[Si](C)(C)C(C)(C)C)CC[C@]5(C)[C@H]4CC[C@]3(C)[C@H]1[C@@H]2C. The summed E-state index contributed by atoms with van der Waals surface area (Å²) in [5.74, 6) is 3.80. The van der Waals surface area contributed by atoms with E-state index in [4.69, 9.17) is 13.9 Å². The van der Waals surface area contributed by atoms with E-state index in [1.165, 1.54) is 38.5 Å². The molecule has 4 aliphatic carbocycles. The van der Waals surface area contributed by atoms with Crippen molar-refractivity contribution < 1.29 is 19.0 Å². The van der Waals surface area contributed by atoms with Crippen molar-refractivity contribution in [3.63, 3.8) is 0 Å². The van der Waals surface area contributed by atoms with Crippen molar-refractivity contribution in [1.29, 1.82) is 0 Å². The molecule has 0 aromatic heterocycles. The van der Waals surface area contributed by atoms with Crippen molar-refractivity contribution in [1.82, 2.24) is 0 Å². The van der Waals surface area contributed by atoms with Gasteiger partial charge in [-0.15, -0.1) is 0 Å². The molecular formula is C33H58O4Si. The summed E-state index contributed by atoms with van der Waals surface area (Å²) < 4.78 is 20.4. The minimum absolute atomic E-state index is 0.192. The minimum atomic E-state index is -1.80. The topological polar surface area (TPSA) is 47.9 Å². The smallest absolute Gasteiger partial charge is 0.192 e. The van der Waals surface area contributed by atoms with Gasteiger partial charge in [-0.2, -0.15) is 0 Å². The minimum Gasteiger partial charge on any atom is -0.414 e. The van der Waals surface area contributed by atoms with Gasteiger partial charge >= 0.3 is 0 Å². The van der Waals surface area contributed by atoms with E-state index >= 15 is 0 Å². The molecule has 0 aromatic carbocycles. The molecule has 6 rings (SSSR count). The van der Waals surface area contributed by atoms with Crippen molar-refractivity contribution in [2.45, 2.75) is 148 Å². The first-order valence-electron chi connectivity index (χ1n) is 16.3. The first kappa shape index (κ1) is 28.2. The lowest BCUT2D eigenvalue weighted by atomic mass is 9.43. The lowest BCUT2D eigenvalue weighted by Gasteiger charge is -2.63. The molecule has 4 saturated carbocycles. The van der Waals surface area contributed by atoms with Gasteiger partial charge in [-0.05, 0) is 116 Å². The molecule has 1 N–H and O–H groups in total. The molecule has 38 heavy (non-hydrogen) atoms. The van der Waals surface area contributed by atoms with Gasteiger partial charge in [0.1, 0.15) is 0 Å². The van der Waals surface area contributed by atoms with Crippen molar-refractivity contribution in [3.8, 4) is 0 Å². The first-order valence-corrected chi connectivity index (χ1v) is 19.2. The molecule has 6 fully saturated rings. The van der Waals surface area contributed by atoms with Crippen molar-refractivity contribution >= 4 is 8.32 Å². The fraction of sp³-hybridized carbons (Fsp3) is 1.00. The van der Waals surface area contributed by atoms with Crippen LogP contribution in [0.1, 0.15) is 106 Å². The maximum atomic E-state index is 11.8. The fourth-order valence-corrected chi connectivity index (χ4v) is 12.4. The standard InChI is InChI=1S/C33H58O4Si/c1-20-10-15-33(35-19-20)21(2)29-28(36-33)18-25-23-17-27(34)26-16-22(37-38(8,9)30(3,4)5)11-13-31(26,6)24(23)12-14-32(25,29)7/h20-29,34H,10-19H2,1-9H3/t20-,21+,22+,23-,24+,25+,26-,27-,28+,29+,31-,32+,33-/m1/s1. The summed E-state index contributed by atoms with van der Waals surface area (Å²) >= 11 is 0. The Balaban J connectivity index is 1.20. The summed E-state index contributed by atoms with van der Waals surface area (Å²) in [6, 6.07) is 0. The van der Waals surface area contributed by atoms with E-state index < -0.39 is 8.32 Å². The van der Waals surface area contributed by atoms with Gasteiger partial charge in [0.2, 0.25) is 0 Å². The molecule has 2 aliphatic heterocycles. The highest BCUT2D eigenvalue weighted by Gasteiger charge is 2.69. The highest BCUT2D eigenvalue weighted by atomic mass is 28.4. The van der Waals surface area contributed by atoms with Gasteiger partial charge in [0, 0.05) is 18.4 Å². The lowest BCUT2D eigenvalue weighted by molar-refractivity contribution is -0.273. The van der Waals surface area contributed by atoms with E-state index in [2.05, 4.69) is 61.6 Å².